The van der Waals surface area contributed by atoms with Crippen molar-refractivity contribution in [3.63, 3.8) is 0 Å². The summed E-state index contributed by atoms with van der Waals surface area (Å²) in [5.41, 5.74) is 0. The van der Waals surface area contributed by atoms with Crippen LogP contribution >= 0.6 is 15.6 Å². The Bertz CT molecular complexity index is 1960. The van der Waals surface area contributed by atoms with E-state index < -0.39 is 97.5 Å². The van der Waals surface area contributed by atoms with Crippen molar-refractivity contribution in [3.05, 3.63) is 0 Å². The van der Waals surface area contributed by atoms with E-state index in [2.05, 4.69) is 55.4 Å². The molecule has 0 saturated heterocycles. The molecule has 0 aliphatic rings. The molecule has 0 saturated carbocycles. The van der Waals surface area contributed by atoms with E-state index in [1.165, 1.54) is 212 Å². The molecule has 5 unspecified atom stereocenters. The van der Waals surface area contributed by atoms with Crippen molar-refractivity contribution >= 4 is 39.5 Å². The number of rotatable bonds is 78. The normalized spacial score (nSPS) is 14.6. The maximum atomic E-state index is 13.1. The van der Waals surface area contributed by atoms with Crippen LogP contribution in [0.3, 0.4) is 0 Å². The largest absolute Gasteiger partial charge is 0.472 e. The molecule has 0 spiro atoms. The number of aliphatic hydroxyl groups is 1. The molecule has 0 fully saturated rings. The van der Waals surface area contributed by atoms with Crippen LogP contribution in [0.2, 0.25) is 0 Å². The molecule has 0 aromatic heterocycles. The predicted molar refractivity (Wildman–Crippen MR) is 409 cm³/mol. The van der Waals surface area contributed by atoms with Crippen molar-refractivity contribution in [1.82, 2.24) is 0 Å². The molecule has 0 aromatic carbocycles. The molecule has 19 heteroatoms. The minimum atomic E-state index is -4.96. The molecule has 0 radical (unpaired) electrons. The molecule has 3 N–H and O–H groups in total. The SMILES string of the molecule is CCC(C)CCCCCCCCCCCCCCCCC(=O)OC[C@H](COP(=O)(O)OCC(O)COP(=O)(O)OC[C@@H](COC(=O)CCCCCCCCCC(C)C)OC(=O)CCCCCCCCCCCCCC(C)C)OC(=O)CCCCCCCCCCCCCCCCC(C)CC. The van der Waals surface area contributed by atoms with E-state index in [1.54, 1.807) is 0 Å². The van der Waals surface area contributed by atoms with Crippen LogP contribution < -0.4 is 0 Å². The fourth-order valence-corrected chi connectivity index (χ4v) is 13.9. The minimum Gasteiger partial charge on any atom is -0.462 e. The Labute approximate surface area is 613 Å². The molecule has 17 nitrogen and oxygen atoms in total. The molecule has 594 valence electrons. The zero-order chi connectivity index (χ0) is 73.8. The Morgan fingerprint density at radius 1 is 0.280 bits per heavy atom. The lowest BCUT2D eigenvalue weighted by atomic mass is 9.99. The van der Waals surface area contributed by atoms with Crippen molar-refractivity contribution in [3.8, 4) is 0 Å². The summed E-state index contributed by atoms with van der Waals surface area (Å²) in [5, 5.41) is 10.6. The summed E-state index contributed by atoms with van der Waals surface area (Å²) >= 11 is 0. The van der Waals surface area contributed by atoms with E-state index in [1.807, 2.05) is 0 Å². The molecule has 0 heterocycles. The lowest BCUT2D eigenvalue weighted by molar-refractivity contribution is -0.161. The van der Waals surface area contributed by atoms with Gasteiger partial charge < -0.3 is 33.8 Å². The van der Waals surface area contributed by atoms with Gasteiger partial charge in [-0.05, 0) is 49.4 Å². The number of carbonyl (C=O) groups excluding carboxylic acids is 4. The molecule has 7 atom stereocenters. The third-order valence-electron chi connectivity index (χ3n) is 19.5. The van der Waals surface area contributed by atoms with Crippen LogP contribution in [0, 0.1) is 23.7 Å². The highest BCUT2D eigenvalue weighted by atomic mass is 31.2. The summed E-state index contributed by atoms with van der Waals surface area (Å²) in [6.07, 6.45) is 56.8. The van der Waals surface area contributed by atoms with Crippen LogP contribution in [0.1, 0.15) is 415 Å². The Kier molecular flexibility index (Phi) is 68.7. The zero-order valence-electron chi connectivity index (χ0n) is 65.8. The topological polar surface area (TPSA) is 237 Å². The average molecular weight is 1470 g/mol. The molecule has 100 heavy (non-hydrogen) atoms. The number of carbonyl (C=O) groups is 4. The van der Waals surface area contributed by atoms with Crippen LogP contribution in [-0.2, 0) is 65.4 Å². The number of phosphoric ester groups is 2. The summed E-state index contributed by atoms with van der Waals surface area (Å²) in [5.74, 6) is 1.05. The number of esters is 4. The van der Waals surface area contributed by atoms with Gasteiger partial charge in [-0.2, -0.15) is 0 Å². The maximum absolute atomic E-state index is 13.1. The number of ether oxygens (including phenoxy) is 4. The first kappa shape index (κ1) is 98.1. The van der Waals surface area contributed by atoms with Crippen LogP contribution in [0.5, 0.6) is 0 Å². The smallest absolute Gasteiger partial charge is 0.462 e. The summed E-state index contributed by atoms with van der Waals surface area (Å²) in [6.45, 7) is 14.3. The summed E-state index contributed by atoms with van der Waals surface area (Å²) in [6, 6.07) is 0. The van der Waals surface area contributed by atoms with Crippen molar-refractivity contribution in [2.24, 2.45) is 23.7 Å². The first-order chi connectivity index (χ1) is 48.2. The van der Waals surface area contributed by atoms with E-state index >= 15 is 0 Å². The fourth-order valence-electron chi connectivity index (χ4n) is 12.4. The Morgan fingerprint density at radius 3 is 0.710 bits per heavy atom. The number of aliphatic hydroxyl groups excluding tert-OH is 1. The average Bonchev–Trinajstić information content (AvgIpc) is 0.925. The second-order valence-electron chi connectivity index (χ2n) is 30.6. The van der Waals surface area contributed by atoms with Gasteiger partial charge in [0.1, 0.15) is 19.3 Å². The molecular weight excluding hydrogens is 1310 g/mol. The summed E-state index contributed by atoms with van der Waals surface area (Å²) in [7, 11) is -9.92. The third kappa shape index (κ3) is 71.7. The van der Waals surface area contributed by atoms with Gasteiger partial charge in [-0.25, -0.2) is 9.13 Å². The van der Waals surface area contributed by atoms with Gasteiger partial charge in [0.15, 0.2) is 12.2 Å². The van der Waals surface area contributed by atoms with Gasteiger partial charge in [-0.15, -0.1) is 0 Å². The van der Waals surface area contributed by atoms with Crippen molar-refractivity contribution in [1.29, 1.82) is 0 Å². The van der Waals surface area contributed by atoms with Gasteiger partial charge in [0.05, 0.1) is 26.4 Å². The Morgan fingerprint density at radius 2 is 0.480 bits per heavy atom. The highest BCUT2D eigenvalue weighted by Gasteiger charge is 2.30. The number of unbranched alkanes of at least 4 members (excludes halogenated alkanes) is 42. The van der Waals surface area contributed by atoms with E-state index in [0.717, 1.165) is 114 Å². The van der Waals surface area contributed by atoms with Crippen molar-refractivity contribution in [2.75, 3.05) is 39.6 Å². The zero-order valence-corrected chi connectivity index (χ0v) is 67.6. The molecular formula is C81H158O17P2. The van der Waals surface area contributed by atoms with Gasteiger partial charge in [0.25, 0.3) is 0 Å². The van der Waals surface area contributed by atoms with Crippen molar-refractivity contribution < 1.29 is 80.2 Å². The van der Waals surface area contributed by atoms with Gasteiger partial charge in [0.2, 0.25) is 0 Å². The quantitative estimate of drug-likeness (QED) is 0.0222. The van der Waals surface area contributed by atoms with E-state index in [4.69, 9.17) is 37.0 Å². The van der Waals surface area contributed by atoms with Crippen LogP contribution in [-0.4, -0.2) is 96.7 Å². The van der Waals surface area contributed by atoms with Crippen LogP contribution in [0.25, 0.3) is 0 Å². The highest BCUT2D eigenvalue weighted by Crippen LogP contribution is 2.45. The number of hydrogen-bond donors (Lipinski definition) is 3. The van der Waals surface area contributed by atoms with E-state index in [-0.39, 0.29) is 25.7 Å². The molecule has 0 rings (SSSR count). The molecule has 0 bridgehead atoms. The third-order valence-corrected chi connectivity index (χ3v) is 21.4. The standard InChI is InChI=1S/C81H158O17P2/c1-9-73(7)59-51-43-35-27-21-15-11-13-17-23-29-37-45-53-61-78(83)91-67-76(97-80(85)63-55-47-38-30-24-18-14-12-16-22-28-36-44-52-60-74(8)10-2)69-95-99(87,88)93-65-75(82)66-94-100(89,90)96-70-77(68-92-79(84)62-54-46-40-32-34-42-50-58-72(5)6)98-81(86)64-56-48-39-31-25-19-20-26-33-41-49-57-71(3)4/h71-77,82H,9-70H2,1-8H3,(H,87,88)(H,89,90)/t73?,74?,75?,76-,77-/m1/s1. The van der Waals surface area contributed by atoms with Crippen LogP contribution in [0.4, 0.5) is 0 Å². The molecule has 0 amide bonds. The Hall–Kier alpha value is -1.94. The first-order valence-electron chi connectivity index (χ1n) is 41.8. The van der Waals surface area contributed by atoms with Crippen LogP contribution in [0.15, 0.2) is 0 Å². The van der Waals surface area contributed by atoms with Gasteiger partial charge in [-0.3, -0.25) is 37.3 Å². The number of phosphoric acid groups is 2. The van der Waals surface area contributed by atoms with Crippen molar-refractivity contribution in [2.45, 2.75) is 433 Å². The fraction of sp³-hybridized carbons (Fsp3) is 0.951. The molecule has 0 aliphatic heterocycles. The number of hydrogen-bond acceptors (Lipinski definition) is 15. The minimum absolute atomic E-state index is 0.105. The second kappa shape index (κ2) is 70.1. The van der Waals surface area contributed by atoms with E-state index in [9.17, 15) is 43.2 Å². The molecule has 0 aromatic rings. The van der Waals surface area contributed by atoms with Gasteiger partial charge in [-0.1, -0.05) is 364 Å². The monoisotopic (exact) mass is 1470 g/mol. The second-order valence-corrected chi connectivity index (χ2v) is 33.5. The highest BCUT2D eigenvalue weighted by molar-refractivity contribution is 7.47. The van der Waals surface area contributed by atoms with Gasteiger partial charge in [0, 0.05) is 25.7 Å². The predicted octanol–water partition coefficient (Wildman–Crippen LogP) is 24.0. The summed E-state index contributed by atoms with van der Waals surface area (Å²) in [4.78, 5) is 73.0. The van der Waals surface area contributed by atoms with Gasteiger partial charge >= 0.3 is 39.5 Å². The molecule has 0 aliphatic carbocycles. The van der Waals surface area contributed by atoms with E-state index in [0.29, 0.717) is 31.6 Å². The lowest BCUT2D eigenvalue weighted by Gasteiger charge is -2.21. The Balaban J connectivity index is 5.25. The lowest BCUT2D eigenvalue weighted by Crippen LogP contribution is -2.30. The maximum Gasteiger partial charge on any atom is 0.472 e. The first-order valence-corrected chi connectivity index (χ1v) is 44.8. The summed E-state index contributed by atoms with van der Waals surface area (Å²) < 4.78 is 68.7.